The van der Waals surface area contributed by atoms with Crippen molar-refractivity contribution < 1.29 is 14.6 Å². The molecule has 140 valence electrons. The van der Waals surface area contributed by atoms with Crippen LogP contribution in [0.4, 0.5) is 0 Å². The predicted molar refractivity (Wildman–Crippen MR) is 104 cm³/mol. The largest absolute Gasteiger partial charge is 0.508 e. The van der Waals surface area contributed by atoms with Gasteiger partial charge in [0.1, 0.15) is 18.1 Å². The van der Waals surface area contributed by atoms with E-state index in [1.54, 1.807) is 36.4 Å². The number of hydrogen-bond acceptors (Lipinski definition) is 4. The van der Waals surface area contributed by atoms with Gasteiger partial charge < -0.3 is 15.2 Å². The second-order valence-corrected chi connectivity index (χ2v) is 6.27. The van der Waals surface area contributed by atoms with Gasteiger partial charge in [0.15, 0.2) is 0 Å². The van der Waals surface area contributed by atoms with Crippen LogP contribution in [0.1, 0.15) is 28.8 Å². The van der Waals surface area contributed by atoms with Gasteiger partial charge in [-0.05, 0) is 67.9 Å². The summed E-state index contributed by atoms with van der Waals surface area (Å²) < 4.78 is 5.75. The monoisotopic (exact) mass is 376 g/mol. The minimum atomic E-state index is -0.128. The van der Waals surface area contributed by atoms with Gasteiger partial charge in [-0.1, -0.05) is 12.1 Å². The first-order chi connectivity index (χ1) is 12.2. The van der Waals surface area contributed by atoms with Crippen molar-refractivity contribution in [1.29, 1.82) is 0 Å². The second kappa shape index (κ2) is 10.0. The van der Waals surface area contributed by atoms with Crippen molar-refractivity contribution in [2.45, 2.75) is 19.4 Å². The van der Waals surface area contributed by atoms with E-state index in [4.69, 9.17) is 4.74 Å². The second-order valence-electron chi connectivity index (χ2n) is 6.27. The number of carbonyl (C=O) groups is 1. The van der Waals surface area contributed by atoms with E-state index in [-0.39, 0.29) is 24.1 Å². The third-order valence-corrected chi connectivity index (χ3v) is 4.38. The lowest BCUT2D eigenvalue weighted by molar-refractivity contribution is 0.0951. The molecule has 0 radical (unpaired) electrons. The summed E-state index contributed by atoms with van der Waals surface area (Å²) in [4.78, 5) is 14.6. The number of nitrogens with one attached hydrogen (secondary N) is 1. The minimum Gasteiger partial charge on any atom is -0.508 e. The van der Waals surface area contributed by atoms with Crippen LogP contribution in [0.2, 0.25) is 0 Å². The normalized spacial score (nSPS) is 13.8. The third-order valence-electron chi connectivity index (χ3n) is 4.38. The highest BCUT2D eigenvalue weighted by molar-refractivity contribution is 5.94. The van der Waals surface area contributed by atoms with Gasteiger partial charge in [0.25, 0.3) is 5.91 Å². The molecule has 0 atom stereocenters. The number of rotatable bonds is 7. The lowest BCUT2D eigenvalue weighted by Gasteiger charge is -2.15. The average molecular weight is 377 g/mol. The average Bonchev–Trinajstić information content (AvgIpc) is 3.15. The van der Waals surface area contributed by atoms with E-state index in [1.165, 1.54) is 25.9 Å². The maximum atomic E-state index is 12.2. The van der Waals surface area contributed by atoms with Crippen molar-refractivity contribution in [2.24, 2.45) is 0 Å². The molecule has 1 heterocycles. The van der Waals surface area contributed by atoms with Crippen LogP contribution in [0.5, 0.6) is 11.5 Å². The van der Waals surface area contributed by atoms with Gasteiger partial charge in [0, 0.05) is 18.7 Å². The number of hydrogen-bond donors (Lipinski definition) is 2. The van der Waals surface area contributed by atoms with Gasteiger partial charge in [-0.3, -0.25) is 9.69 Å². The van der Waals surface area contributed by atoms with Crippen LogP contribution in [0.15, 0.2) is 48.5 Å². The maximum Gasteiger partial charge on any atom is 0.251 e. The summed E-state index contributed by atoms with van der Waals surface area (Å²) in [6.45, 7) is 4.39. The molecule has 6 heteroatoms. The molecular weight excluding hydrogens is 352 g/mol. The van der Waals surface area contributed by atoms with Gasteiger partial charge in [-0.15, -0.1) is 12.4 Å². The Morgan fingerprint density at radius 1 is 1.04 bits per heavy atom. The fourth-order valence-corrected chi connectivity index (χ4v) is 2.90. The zero-order valence-corrected chi connectivity index (χ0v) is 15.5. The van der Waals surface area contributed by atoms with E-state index in [2.05, 4.69) is 10.2 Å². The quantitative estimate of drug-likeness (QED) is 0.778. The highest BCUT2D eigenvalue weighted by Crippen LogP contribution is 2.14. The summed E-state index contributed by atoms with van der Waals surface area (Å²) in [6, 6.07) is 14.0. The number of nitrogens with zero attached hydrogens (tertiary/aromatic N) is 1. The first kappa shape index (κ1) is 20.1. The molecule has 1 aliphatic rings. The Hall–Kier alpha value is -2.24. The van der Waals surface area contributed by atoms with E-state index >= 15 is 0 Å². The van der Waals surface area contributed by atoms with Crippen molar-refractivity contribution >= 4 is 18.3 Å². The number of benzene rings is 2. The molecule has 2 aromatic carbocycles. The summed E-state index contributed by atoms with van der Waals surface area (Å²) in [5.74, 6) is 0.876. The molecule has 2 aromatic rings. The van der Waals surface area contributed by atoms with E-state index in [0.717, 1.165) is 17.9 Å². The number of likely N-dealkylation sites (tertiary alicyclic amines) is 1. The number of halogens is 1. The number of phenolic OH excluding ortho intramolecular Hbond substituents is 1. The summed E-state index contributed by atoms with van der Waals surface area (Å²) >= 11 is 0. The molecule has 2 N–H and O–H groups in total. The van der Waals surface area contributed by atoms with Crippen molar-refractivity contribution in [3.05, 3.63) is 59.7 Å². The molecular formula is C20H25ClN2O3. The van der Waals surface area contributed by atoms with Crippen LogP contribution in [0, 0.1) is 0 Å². The number of amides is 1. The lowest BCUT2D eigenvalue weighted by Crippen LogP contribution is -2.25. The van der Waals surface area contributed by atoms with Crippen molar-refractivity contribution in [1.82, 2.24) is 10.2 Å². The maximum absolute atomic E-state index is 12.2. The first-order valence-corrected chi connectivity index (χ1v) is 8.72. The van der Waals surface area contributed by atoms with Gasteiger partial charge in [0.05, 0.1) is 0 Å². The standard InChI is InChI=1S/C20H24N2O3.ClH/c23-18-7-3-16(4-8-18)15-21-20(24)17-5-9-19(10-6-17)25-14-13-22-11-1-2-12-22;/h3-10,23H,1-2,11-15H2,(H,21,24);1H. The lowest BCUT2D eigenvalue weighted by atomic mass is 10.2. The minimum absolute atomic E-state index is 0. The fraction of sp³-hybridized carbons (Fsp3) is 0.350. The summed E-state index contributed by atoms with van der Waals surface area (Å²) in [7, 11) is 0. The van der Waals surface area contributed by atoms with Crippen molar-refractivity contribution in [2.75, 3.05) is 26.2 Å². The molecule has 5 nitrogen and oxygen atoms in total. The van der Waals surface area contributed by atoms with Crippen LogP contribution in [0.3, 0.4) is 0 Å². The Balaban J connectivity index is 0.00000243. The molecule has 0 bridgehead atoms. The molecule has 0 aromatic heterocycles. The summed E-state index contributed by atoms with van der Waals surface area (Å²) in [6.07, 6.45) is 2.57. The van der Waals surface area contributed by atoms with Crippen molar-refractivity contribution in [3.63, 3.8) is 0 Å². The number of phenols is 1. The highest BCUT2D eigenvalue weighted by atomic mass is 35.5. The molecule has 0 unspecified atom stereocenters. The Kier molecular flexibility index (Phi) is 7.75. The molecule has 26 heavy (non-hydrogen) atoms. The SMILES string of the molecule is Cl.O=C(NCc1ccc(O)cc1)c1ccc(OCCN2CCCC2)cc1. The Bertz CT molecular complexity index is 683. The molecule has 0 spiro atoms. The van der Waals surface area contributed by atoms with E-state index < -0.39 is 0 Å². The molecule has 1 saturated heterocycles. The molecule has 0 aliphatic carbocycles. The van der Waals surface area contributed by atoms with Crippen LogP contribution in [-0.4, -0.2) is 42.2 Å². The zero-order valence-electron chi connectivity index (χ0n) is 14.7. The summed E-state index contributed by atoms with van der Waals surface area (Å²) in [5, 5.41) is 12.1. The van der Waals surface area contributed by atoms with Crippen LogP contribution < -0.4 is 10.1 Å². The number of aromatic hydroxyl groups is 1. The predicted octanol–water partition coefficient (Wildman–Crippen LogP) is 3.22. The fourth-order valence-electron chi connectivity index (χ4n) is 2.90. The van der Waals surface area contributed by atoms with Gasteiger partial charge in [-0.25, -0.2) is 0 Å². The van der Waals surface area contributed by atoms with Crippen LogP contribution >= 0.6 is 12.4 Å². The van der Waals surface area contributed by atoms with E-state index in [0.29, 0.717) is 18.7 Å². The third kappa shape index (κ3) is 5.93. The Labute approximate surface area is 160 Å². The van der Waals surface area contributed by atoms with E-state index in [1.807, 2.05) is 12.1 Å². The summed E-state index contributed by atoms with van der Waals surface area (Å²) in [5.41, 5.74) is 1.54. The van der Waals surface area contributed by atoms with Gasteiger partial charge >= 0.3 is 0 Å². The number of carbonyl (C=O) groups excluding carboxylic acids is 1. The smallest absolute Gasteiger partial charge is 0.251 e. The van der Waals surface area contributed by atoms with Gasteiger partial charge in [0.2, 0.25) is 0 Å². The van der Waals surface area contributed by atoms with Crippen LogP contribution in [-0.2, 0) is 6.54 Å². The first-order valence-electron chi connectivity index (χ1n) is 8.72. The topological polar surface area (TPSA) is 61.8 Å². The van der Waals surface area contributed by atoms with Crippen LogP contribution in [0.25, 0.3) is 0 Å². The molecule has 1 amide bonds. The Morgan fingerprint density at radius 3 is 2.35 bits per heavy atom. The Morgan fingerprint density at radius 2 is 1.69 bits per heavy atom. The zero-order chi connectivity index (χ0) is 17.5. The highest BCUT2D eigenvalue weighted by Gasteiger charge is 2.11. The molecule has 0 saturated carbocycles. The molecule has 1 fully saturated rings. The van der Waals surface area contributed by atoms with Gasteiger partial charge in [-0.2, -0.15) is 0 Å². The van der Waals surface area contributed by atoms with Crippen molar-refractivity contribution in [3.8, 4) is 11.5 Å². The molecule has 1 aliphatic heterocycles. The molecule has 3 rings (SSSR count). The number of ether oxygens (including phenoxy) is 1. The van der Waals surface area contributed by atoms with E-state index in [9.17, 15) is 9.90 Å².